The zero-order chi connectivity index (χ0) is 13.7. The molecule has 6 N–H and O–H groups in total. The highest BCUT2D eigenvalue weighted by Gasteiger charge is 2.42. The number of anilines is 1. The lowest BCUT2D eigenvalue weighted by molar-refractivity contribution is 0.0166. The molecule has 102 valence electrons. The van der Waals surface area contributed by atoms with Crippen LogP contribution in [-0.2, 0) is 0 Å². The first-order chi connectivity index (χ1) is 9.00. The third-order valence-corrected chi connectivity index (χ3v) is 4.24. The number of halogens is 1. The van der Waals surface area contributed by atoms with E-state index >= 15 is 0 Å². The van der Waals surface area contributed by atoms with Crippen LogP contribution < -0.4 is 11.5 Å². The Morgan fingerprint density at radius 1 is 1.32 bits per heavy atom. The Morgan fingerprint density at radius 3 is 2.68 bits per heavy atom. The Balaban J connectivity index is 2.14. The van der Waals surface area contributed by atoms with Crippen molar-refractivity contribution in [1.82, 2.24) is 19.7 Å². The van der Waals surface area contributed by atoms with Gasteiger partial charge in [0.05, 0.1) is 17.5 Å². The molecule has 0 unspecified atom stereocenters. The molecule has 1 fully saturated rings. The first-order valence-corrected chi connectivity index (χ1v) is 6.84. The van der Waals surface area contributed by atoms with Gasteiger partial charge >= 0.3 is 0 Å². The van der Waals surface area contributed by atoms with Crippen molar-refractivity contribution in [3.05, 3.63) is 10.0 Å². The minimum absolute atomic E-state index is 0.345. The normalized spacial score (nSPS) is 31.2. The maximum atomic E-state index is 10.1. The van der Waals surface area contributed by atoms with Gasteiger partial charge in [0.15, 0.2) is 5.65 Å². The predicted molar refractivity (Wildman–Crippen MR) is 76.1 cm³/mol. The molecule has 3 rings (SSSR count). The third-order valence-electron chi connectivity index (χ3n) is 3.49. The third kappa shape index (κ3) is 1.88. The second-order valence-electron chi connectivity index (χ2n) is 4.64. The van der Waals surface area contributed by atoms with E-state index in [9.17, 15) is 10.2 Å². The van der Waals surface area contributed by atoms with Gasteiger partial charge in [0, 0.05) is 6.04 Å². The van der Waals surface area contributed by atoms with Crippen LogP contribution in [0.3, 0.4) is 0 Å². The summed E-state index contributed by atoms with van der Waals surface area (Å²) in [5.41, 5.74) is 12.1. The Hall–Kier alpha value is -1.04. The van der Waals surface area contributed by atoms with Crippen molar-refractivity contribution in [3.63, 3.8) is 0 Å². The van der Waals surface area contributed by atoms with E-state index in [4.69, 9.17) is 11.5 Å². The Morgan fingerprint density at radius 2 is 2.05 bits per heavy atom. The highest BCUT2D eigenvalue weighted by atomic mass is 127. The molecule has 8 nitrogen and oxygen atoms in total. The average Bonchev–Trinajstić information content (AvgIpc) is 2.83. The predicted octanol–water partition coefficient (Wildman–Crippen LogP) is -0.993. The molecular formula is C10H13IN6O2. The largest absolute Gasteiger partial charge is 0.389 e. The Bertz CT molecular complexity index is 632. The first kappa shape index (κ1) is 13.0. The van der Waals surface area contributed by atoms with E-state index in [-0.39, 0.29) is 0 Å². The van der Waals surface area contributed by atoms with Crippen LogP contribution in [0.15, 0.2) is 6.33 Å². The van der Waals surface area contributed by atoms with Gasteiger partial charge in [-0.25, -0.2) is 14.6 Å². The maximum Gasteiger partial charge on any atom is 0.164 e. The highest BCUT2D eigenvalue weighted by molar-refractivity contribution is 14.1. The average molecular weight is 376 g/mol. The number of hydrogen-bond donors (Lipinski definition) is 4. The summed E-state index contributed by atoms with van der Waals surface area (Å²) in [6.45, 7) is 0. The van der Waals surface area contributed by atoms with E-state index in [2.05, 4.69) is 15.1 Å². The number of nitrogens with zero attached hydrogens (tertiary/aromatic N) is 4. The molecule has 9 heteroatoms. The highest BCUT2D eigenvalue weighted by Crippen LogP contribution is 2.33. The lowest BCUT2D eigenvalue weighted by Gasteiger charge is -2.17. The molecule has 1 aliphatic rings. The summed E-state index contributed by atoms with van der Waals surface area (Å²) in [6.07, 6.45) is -0.144. The zero-order valence-corrected chi connectivity index (χ0v) is 12.0. The smallest absolute Gasteiger partial charge is 0.164 e. The van der Waals surface area contributed by atoms with Gasteiger partial charge < -0.3 is 21.7 Å². The van der Waals surface area contributed by atoms with E-state index in [1.807, 2.05) is 22.6 Å². The molecule has 2 aromatic heterocycles. The molecule has 0 spiro atoms. The number of nitrogens with two attached hydrogens (primary N) is 2. The van der Waals surface area contributed by atoms with Crippen molar-refractivity contribution in [2.45, 2.75) is 30.7 Å². The molecule has 0 aromatic carbocycles. The molecule has 4 atom stereocenters. The first-order valence-electron chi connectivity index (χ1n) is 5.76. The fourth-order valence-corrected chi connectivity index (χ4v) is 3.22. The van der Waals surface area contributed by atoms with Crippen LogP contribution in [0.25, 0.3) is 11.0 Å². The fourth-order valence-electron chi connectivity index (χ4n) is 2.47. The summed E-state index contributed by atoms with van der Waals surface area (Å²) in [5, 5.41) is 24.8. The number of rotatable bonds is 1. The monoisotopic (exact) mass is 376 g/mol. The fraction of sp³-hybridized carbons (Fsp3) is 0.500. The minimum atomic E-state index is -0.968. The van der Waals surface area contributed by atoms with Crippen molar-refractivity contribution in [2.24, 2.45) is 5.73 Å². The van der Waals surface area contributed by atoms with E-state index in [1.165, 1.54) is 6.33 Å². The summed E-state index contributed by atoms with van der Waals surface area (Å²) < 4.78 is 2.24. The number of nitrogen functional groups attached to an aromatic ring is 1. The van der Waals surface area contributed by atoms with Gasteiger partial charge in [-0.05, 0) is 29.0 Å². The number of fused-ring (bicyclic) bond motifs is 1. The molecule has 0 saturated heterocycles. The van der Waals surface area contributed by atoms with E-state index in [0.29, 0.717) is 27.0 Å². The summed E-state index contributed by atoms with van der Waals surface area (Å²) in [4.78, 5) is 8.09. The van der Waals surface area contributed by atoms with Crippen LogP contribution in [0.5, 0.6) is 0 Å². The molecule has 1 aliphatic carbocycles. The molecule has 19 heavy (non-hydrogen) atoms. The molecule has 2 heterocycles. The minimum Gasteiger partial charge on any atom is -0.389 e. The van der Waals surface area contributed by atoms with Gasteiger partial charge in [-0.1, -0.05) is 0 Å². The molecular weight excluding hydrogens is 363 g/mol. The number of aliphatic hydroxyl groups is 2. The Kier molecular flexibility index (Phi) is 3.08. The zero-order valence-electron chi connectivity index (χ0n) is 9.81. The summed E-state index contributed by atoms with van der Waals surface area (Å²) in [6, 6.07) is -0.888. The van der Waals surface area contributed by atoms with Gasteiger partial charge in [-0.15, -0.1) is 0 Å². The standard InChI is InChI=1S/C10H13IN6O2/c11-8-5-9(13)14-2-15-10(5)17(16-8)4-1-3(12)6(18)7(4)19/h2-4,6-7,18-19H,1,12H2,(H2,13,14,15)/t3-,4+,6+,7-/m0/s1. The summed E-state index contributed by atoms with van der Waals surface area (Å²) in [7, 11) is 0. The lowest BCUT2D eigenvalue weighted by Crippen LogP contribution is -2.36. The van der Waals surface area contributed by atoms with Crippen molar-refractivity contribution in [2.75, 3.05) is 5.73 Å². The van der Waals surface area contributed by atoms with Crippen molar-refractivity contribution in [1.29, 1.82) is 0 Å². The van der Waals surface area contributed by atoms with Crippen LogP contribution in [0, 0.1) is 3.70 Å². The van der Waals surface area contributed by atoms with Crippen LogP contribution >= 0.6 is 22.6 Å². The number of aliphatic hydroxyl groups excluding tert-OH is 2. The van der Waals surface area contributed by atoms with Crippen LogP contribution in [0.1, 0.15) is 12.5 Å². The quantitative estimate of drug-likeness (QED) is 0.469. The van der Waals surface area contributed by atoms with Gasteiger partial charge in [0.1, 0.15) is 21.9 Å². The van der Waals surface area contributed by atoms with Crippen molar-refractivity contribution < 1.29 is 10.2 Å². The van der Waals surface area contributed by atoms with Gasteiger partial charge in [-0.2, -0.15) is 5.10 Å². The van der Waals surface area contributed by atoms with Crippen molar-refractivity contribution in [3.8, 4) is 0 Å². The number of aromatic nitrogens is 4. The molecule has 2 aromatic rings. The van der Waals surface area contributed by atoms with Gasteiger partial charge in [0.2, 0.25) is 0 Å². The second-order valence-corrected chi connectivity index (χ2v) is 5.66. The molecule has 0 bridgehead atoms. The second kappa shape index (κ2) is 4.51. The van der Waals surface area contributed by atoms with Crippen molar-refractivity contribution >= 4 is 39.4 Å². The number of hydrogen-bond acceptors (Lipinski definition) is 7. The van der Waals surface area contributed by atoms with Crippen LogP contribution in [0.4, 0.5) is 5.82 Å². The molecule has 1 saturated carbocycles. The van der Waals surface area contributed by atoms with E-state index < -0.39 is 24.3 Å². The lowest BCUT2D eigenvalue weighted by atomic mass is 10.2. The van der Waals surface area contributed by atoms with E-state index in [1.54, 1.807) is 4.68 Å². The molecule has 0 aliphatic heterocycles. The van der Waals surface area contributed by atoms with Crippen LogP contribution in [-0.4, -0.2) is 48.2 Å². The van der Waals surface area contributed by atoms with E-state index in [0.717, 1.165) is 0 Å². The maximum absolute atomic E-state index is 10.1. The molecule has 0 amide bonds. The van der Waals surface area contributed by atoms with Crippen LogP contribution in [0.2, 0.25) is 0 Å². The SMILES string of the molecule is Nc1ncnc2c1c(I)nn2[C@@H]1C[C@H](N)[C@@H](O)[C@H]1O. The summed E-state index contributed by atoms with van der Waals surface area (Å²) >= 11 is 2.04. The van der Waals surface area contributed by atoms with Gasteiger partial charge in [-0.3, -0.25) is 0 Å². The topological polar surface area (TPSA) is 136 Å². The summed E-state index contributed by atoms with van der Waals surface area (Å²) in [5.74, 6) is 0.345. The van der Waals surface area contributed by atoms with Gasteiger partial charge in [0.25, 0.3) is 0 Å². The Labute approximate surface area is 122 Å². The molecule has 0 radical (unpaired) electrons.